The first kappa shape index (κ1) is 23.8. The largest absolute Gasteiger partial charge is 0.465 e. The number of ether oxygens (including phenoxy) is 2. The summed E-state index contributed by atoms with van der Waals surface area (Å²) in [5.41, 5.74) is 2.44. The Bertz CT molecular complexity index is 1160. The van der Waals surface area contributed by atoms with Gasteiger partial charge in [-0.2, -0.15) is 0 Å². The Labute approximate surface area is 195 Å². The van der Waals surface area contributed by atoms with Crippen LogP contribution in [0.25, 0.3) is 0 Å². The molecule has 0 aliphatic heterocycles. The smallest absolute Gasteiger partial charge is 0.341 e. The second-order valence-corrected chi connectivity index (χ2v) is 9.85. The number of methoxy groups -OCH3 is 1. The highest BCUT2D eigenvalue weighted by molar-refractivity contribution is 7.86. The minimum atomic E-state index is -1.59. The molecule has 168 valence electrons. The maximum absolute atomic E-state index is 13.0. The third kappa shape index (κ3) is 5.47. The van der Waals surface area contributed by atoms with Gasteiger partial charge in [0.2, 0.25) is 5.88 Å². The lowest BCUT2D eigenvalue weighted by Crippen LogP contribution is -2.12. The predicted octanol–water partition coefficient (Wildman–Crippen LogP) is 6.05. The molecule has 0 saturated heterocycles. The number of halogens is 1. The number of nitrogens with zero attached hydrogens (tertiary/aromatic N) is 1. The van der Waals surface area contributed by atoms with Crippen LogP contribution in [0.2, 0.25) is 5.02 Å². The molecular weight excluding hydrogens is 448 g/mol. The number of aromatic nitrogens is 1. The molecule has 8 heteroatoms. The molecule has 3 aromatic rings. The molecule has 0 saturated carbocycles. The second-order valence-electron chi connectivity index (χ2n) is 8.20. The van der Waals surface area contributed by atoms with Crippen LogP contribution in [-0.2, 0) is 21.1 Å². The van der Waals surface area contributed by atoms with Crippen LogP contribution in [-0.4, -0.2) is 22.3 Å². The van der Waals surface area contributed by atoms with E-state index in [1.165, 1.54) is 13.3 Å². The van der Waals surface area contributed by atoms with Gasteiger partial charge in [-0.25, -0.2) is 14.0 Å². The number of carbonyl (C=O) groups is 1. The van der Waals surface area contributed by atoms with Crippen molar-refractivity contribution in [1.82, 2.24) is 4.98 Å². The first-order valence-electron chi connectivity index (χ1n) is 9.90. The molecule has 1 atom stereocenters. The fourth-order valence-corrected chi connectivity index (χ4v) is 3.98. The minimum absolute atomic E-state index is 0.00375. The van der Waals surface area contributed by atoms with E-state index >= 15 is 0 Å². The Morgan fingerprint density at radius 3 is 2.44 bits per heavy atom. The van der Waals surface area contributed by atoms with Crippen LogP contribution in [0.5, 0.6) is 11.6 Å². The number of nitrogens with one attached hydrogen (secondary N) is 1. The Morgan fingerprint density at radius 2 is 1.81 bits per heavy atom. The van der Waals surface area contributed by atoms with E-state index in [9.17, 15) is 9.00 Å². The van der Waals surface area contributed by atoms with Crippen molar-refractivity contribution in [3.8, 4) is 11.6 Å². The number of para-hydroxylation sites is 1. The summed E-state index contributed by atoms with van der Waals surface area (Å²) in [6, 6.07) is 14.3. The van der Waals surface area contributed by atoms with Crippen molar-refractivity contribution < 1.29 is 18.5 Å². The van der Waals surface area contributed by atoms with E-state index in [4.69, 9.17) is 21.1 Å². The minimum Gasteiger partial charge on any atom is -0.465 e. The van der Waals surface area contributed by atoms with Crippen LogP contribution in [0.1, 0.15) is 42.3 Å². The lowest BCUT2D eigenvalue weighted by molar-refractivity contribution is 0.0597. The summed E-state index contributed by atoms with van der Waals surface area (Å²) in [6.07, 6.45) is 1.42. The van der Waals surface area contributed by atoms with Crippen LogP contribution >= 0.6 is 11.6 Å². The van der Waals surface area contributed by atoms with Crippen LogP contribution in [0.3, 0.4) is 0 Å². The van der Waals surface area contributed by atoms with Gasteiger partial charge < -0.3 is 9.47 Å². The number of pyridine rings is 1. The molecule has 0 spiro atoms. The topological polar surface area (TPSA) is 77.5 Å². The van der Waals surface area contributed by atoms with E-state index in [2.05, 4.69) is 30.5 Å². The van der Waals surface area contributed by atoms with E-state index in [0.717, 1.165) is 11.1 Å². The summed E-state index contributed by atoms with van der Waals surface area (Å²) < 4.78 is 26.7. The van der Waals surface area contributed by atoms with Gasteiger partial charge in [0.25, 0.3) is 0 Å². The Morgan fingerprint density at radius 1 is 1.12 bits per heavy atom. The van der Waals surface area contributed by atoms with Gasteiger partial charge in [0.15, 0.2) is 0 Å². The molecule has 1 N–H and O–H groups in total. The zero-order chi connectivity index (χ0) is 23.5. The number of anilines is 1. The molecule has 6 nitrogen and oxygen atoms in total. The summed E-state index contributed by atoms with van der Waals surface area (Å²) >= 11 is 6.12. The molecule has 1 unspecified atom stereocenters. The van der Waals surface area contributed by atoms with Gasteiger partial charge in [0, 0.05) is 6.20 Å². The number of benzene rings is 2. The number of esters is 1. The first-order chi connectivity index (χ1) is 15.1. The summed E-state index contributed by atoms with van der Waals surface area (Å²) in [5.74, 6) is -0.0965. The molecule has 0 aliphatic rings. The quantitative estimate of drug-likeness (QED) is 0.441. The molecule has 1 aromatic heterocycles. The fraction of sp³-hybridized carbons (Fsp3) is 0.250. The Hall–Kier alpha value is -2.90. The molecule has 0 amide bonds. The van der Waals surface area contributed by atoms with Crippen molar-refractivity contribution in [2.24, 2.45) is 0 Å². The molecule has 3 rings (SSSR count). The Kier molecular flexibility index (Phi) is 7.21. The van der Waals surface area contributed by atoms with Crippen LogP contribution in [0.15, 0.2) is 59.6 Å². The van der Waals surface area contributed by atoms with Crippen molar-refractivity contribution in [3.63, 3.8) is 0 Å². The summed E-state index contributed by atoms with van der Waals surface area (Å²) in [4.78, 5) is 17.0. The highest BCUT2D eigenvalue weighted by atomic mass is 35.5. The normalized spacial score (nSPS) is 12.2. The summed E-state index contributed by atoms with van der Waals surface area (Å²) in [7, 11) is -0.286. The standard InChI is InChI=1S/C24H25ClN2O4S/c1-15-7-6-8-19(23(28)30-5)21(15)31-22-20(13-17(25)14-26-22)27-32(29)18-11-9-16(10-12-18)24(2,3)4/h6-14,27H,1-5H3. The number of carbonyl (C=O) groups excluding carboxylic acids is 1. The fourth-order valence-electron chi connectivity index (χ4n) is 2.97. The lowest BCUT2D eigenvalue weighted by Gasteiger charge is -2.19. The van der Waals surface area contributed by atoms with Crippen molar-refractivity contribution >= 4 is 34.2 Å². The van der Waals surface area contributed by atoms with Gasteiger partial charge in [0.1, 0.15) is 28.0 Å². The molecule has 0 aliphatic carbocycles. The summed E-state index contributed by atoms with van der Waals surface area (Å²) in [5, 5.41) is 0.345. The molecule has 2 aromatic carbocycles. The monoisotopic (exact) mass is 472 g/mol. The number of aryl methyl sites for hydroxylation is 1. The van der Waals surface area contributed by atoms with Crippen molar-refractivity contribution in [2.75, 3.05) is 11.8 Å². The highest BCUT2D eigenvalue weighted by Crippen LogP contribution is 2.34. The number of rotatable bonds is 6. The lowest BCUT2D eigenvalue weighted by atomic mass is 9.87. The van der Waals surface area contributed by atoms with Gasteiger partial charge in [0.05, 0.1) is 17.0 Å². The first-order valence-corrected chi connectivity index (χ1v) is 11.4. The van der Waals surface area contributed by atoms with E-state index in [1.807, 2.05) is 24.3 Å². The van der Waals surface area contributed by atoms with Crippen LogP contribution in [0, 0.1) is 6.92 Å². The molecular formula is C24H25ClN2O4S. The third-order valence-corrected chi connectivity index (χ3v) is 6.08. The second kappa shape index (κ2) is 9.71. The van der Waals surface area contributed by atoms with Crippen LogP contribution in [0.4, 0.5) is 5.69 Å². The van der Waals surface area contributed by atoms with Crippen LogP contribution < -0.4 is 9.46 Å². The average molecular weight is 473 g/mol. The highest BCUT2D eigenvalue weighted by Gasteiger charge is 2.19. The number of hydrogen-bond donors (Lipinski definition) is 1. The third-order valence-electron chi connectivity index (χ3n) is 4.77. The van der Waals surface area contributed by atoms with E-state index in [1.54, 1.807) is 31.2 Å². The molecule has 0 radical (unpaired) electrons. The maximum Gasteiger partial charge on any atom is 0.341 e. The van der Waals surface area contributed by atoms with E-state index in [0.29, 0.717) is 21.4 Å². The maximum atomic E-state index is 13.0. The zero-order valence-corrected chi connectivity index (χ0v) is 20.1. The Balaban J connectivity index is 1.92. The van der Waals surface area contributed by atoms with E-state index < -0.39 is 17.0 Å². The SMILES string of the molecule is COC(=O)c1cccc(C)c1Oc1ncc(Cl)cc1NS(=O)c1ccc(C(C)(C)C)cc1. The predicted molar refractivity (Wildman–Crippen MR) is 127 cm³/mol. The van der Waals surface area contributed by atoms with Gasteiger partial charge in [-0.3, -0.25) is 4.72 Å². The molecule has 0 bridgehead atoms. The van der Waals surface area contributed by atoms with Gasteiger partial charge in [-0.1, -0.05) is 56.6 Å². The molecule has 1 heterocycles. The van der Waals surface area contributed by atoms with Crippen molar-refractivity contribution in [1.29, 1.82) is 0 Å². The average Bonchev–Trinajstić information content (AvgIpc) is 2.75. The molecule has 32 heavy (non-hydrogen) atoms. The van der Waals surface area contributed by atoms with Crippen molar-refractivity contribution in [2.45, 2.75) is 38.0 Å². The van der Waals surface area contributed by atoms with Crippen molar-refractivity contribution in [3.05, 3.63) is 76.4 Å². The van der Waals surface area contributed by atoms with E-state index in [-0.39, 0.29) is 16.9 Å². The summed E-state index contributed by atoms with van der Waals surface area (Å²) in [6.45, 7) is 8.16. The molecule has 0 fully saturated rings. The number of hydrogen-bond acceptors (Lipinski definition) is 5. The van der Waals surface area contributed by atoms with Gasteiger partial charge >= 0.3 is 5.97 Å². The van der Waals surface area contributed by atoms with Gasteiger partial charge in [-0.05, 0) is 47.7 Å². The zero-order valence-electron chi connectivity index (χ0n) is 18.6. The van der Waals surface area contributed by atoms with Gasteiger partial charge in [-0.15, -0.1) is 0 Å².